The van der Waals surface area contributed by atoms with E-state index in [0.29, 0.717) is 6.10 Å². The van der Waals surface area contributed by atoms with Gasteiger partial charge in [-0.1, -0.05) is 0 Å². The molecule has 0 aromatic heterocycles. The highest BCUT2D eigenvalue weighted by Gasteiger charge is 2.28. The maximum atomic E-state index is 5.79. The third-order valence-corrected chi connectivity index (χ3v) is 3.70. The van der Waals surface area contributed by atoms with Crippen LogP contribution < -0.4 is 5.73 Å². The van der Waals surface area contributed by atoms with Crippen molar-refractivity contribution < 1.29 is 4.74 Å². The molecule has 88 valence electrons. The van der Waals surface area contributed by atoms with E-state index in [9.17, 15) is 0 Å². The normalized spacial score (nSPS) is 31.8. The van der Waals surface area contributed by atoms with Crippen LogP contribution >= 0.6 is 0 Å². The number of nitrogens with two attached hydrogens (primary N) is 1. The lowest BCUT2D eigenvalue weighted by atomic mass is 9.82. The summed E-state index contributed by atoms with van der Waals surface area (Å²) in [4.78, 5) is 2.55. The standard InChI is InChI=1S/C12H24N2O/c13-10-11-8-12(9-11)15-7-3-6-14-4-1-2-5-14/h11-12H,1-10,13H2. The molecule has 0 aromatic carbocycles. The van der Waals surface area contributed by atoms with Gasteiger partial charge in [-0.2, -0.15) is 0 Å². The molecular formula is C12H24N2O. The van der Waals surface area contributed by atoms with Gasteiger partial charge in [0.15, 0.2) is 0 Å². The van der Waals surface area contributed by atoms with Crippen molar-refractivity contribution in [2.24, 2.45) is 11.7 Å². The first-order valence-corrected chi connectivity index (χ1v) is 6.42. The van der Waals surface area contributed by atoms with Gasteiger partial charge in [-0.15, -0.1) is 0 Å². The number of hydrogen-bond acceptors (Lipinski definition) is 3. The van der Waals surface area contributed by atoms with Gasteiger partial charge in [0.25, 0.3) is 0 Å². The van der Waals surface area contributed by atoms with Gasteiger partial charge >= 0.3 is 0 Å². The highest BCUT2D eigenvalue weighted by molar-refractivity contribution is 4.80. The molecule has 3 heteroatoms. The van der Waals surface area contributed by atoms with Crippen molar-refractivity contribution in [3.63, 3.8) is 0 Å². The summed E-state index contributed by atoms with van der Waals surface area (Å²) in [6.45, 7) is 5.62. The van der Waals surface area contributed by atoms with Crippen LogP contribution in [0.2, 0.25) is 0 Å². The van der Waals surface area contributed by atoms with Gasteiger partial charge in [0.2, 0.25) is 0 Å². The van der Waals surface area contributed by atoms with E-state index < -0.39 is 0 Å². The van der Waals surface area contributed by atoms with Crippen LogP contribution in [0.25, 0.3) is 0 Å². The predicted molar refractivity (Wildman–Crippen MR) is 61.8 cm³/mol. The average Bonchev–Trinajstić information content (AvgIpc) is 2.67. The van der Waals surface area contributed by atoms with E-state index in [4.69, 9.17) is 10.5 Å². The fourth-order valence-corrected chi connectivity index (χ4v) is 2.55. The Balaban J connectivity index is 1.42. The molecule has 0 spiro atoms. The van der Waals surface area contributed by atoms with Crippen LogP contribution in [0.3, 0.4) is 0 Å². The second-order valence-electron chi connectivity index (χ2n) is 4.97. The Kier molecular flexibility index (Phi) is 4.42. The summed E-state index contributed by atoms with van der Waals surface area (Å²) in [5, 5.41) is 0. The highest BCUT2D eigenvalue weighted by atomic mass is 16.5. The van der Waals surface area contributed by atoms with Gasteiger partial charge in [-0.25, -0.2) is 0 Å². The van der Waals surface area contributed by atoms with Crippen LogP contribution in [0.4, 0.5) is 0 Å². The lowest BCUT2D eigenvalue weighted by Crippen LogP contribution is -2.36. The molecule has 1 aliphatic carbocycles. The zero-order valence-electron chi connectivity index (χ0n) is 9.66. The van der Waals surface area contributed by atoms with Crippen molar-refractivity contribution >= 4 is 0 Å². The fraction of sp³-hybridized carbons (Fsp3) is 1.00. The molecule has 2 aliphatic rings. The van der Waals surface area contributed by atoms with E-state index in [2.05, 4.69) is 4.90 Å². The first-order chi connectivity index (χ1) is 7.38. The lowest BCUT2D eigenvalue weighted by molar-refractivity contribution is -0.0301. The van der Waals surface area contributed by atoms with Crippen molar-refractivity contribution in [3.05, 3.63) is 0 Å². The maximum Gasteiger partial charge on any atom is 0.0581 e. The zero-order valence-corrected chi connectivity index (χ0v) is 9.66. The van der Waals surface area contributed by atoms with Crippen LogP contribution in [0.15, 0.2) is 0 Å². The summed E-state index contributed by atoms with van der Waals surface area (Å²) in [5.74, 6) is 0.744. The molecule has 3 nitrogen and oxygen atoms in total. The van der Waals surface area contributed by atoms with E-state index in [0.717, 1.165) is 19.1 Å². The highest BCUT2D eigenvalue weighted by Crippen LogP contribution is 2.28. The Hall–Kier alpha value is -0.120. The third-order valence-electron chi connectivity index (χ3n) is 3.70. The van der Waals surface area contributed by atoms with Crippen LogP contribution in [0.1, 0.15) is 32.1 Å². The quantitative estimate of drug-likeness (QED) is 0.673. The second kappa shape index (κ2) is 5.83. The van der Waals surface area contributed by atoms with Crippen molar-refractivity contribution in [2.45, 2.75) is 38.2 Å². The molecule has 2 fully saturated rings. The predicted octanol–water partition coefficient (Wildman–Crippen LogP) is 1.23. The molecule has 0 atom stereocenters. The summed E-state index contributed by atoms with van der Waals surface area (Å²) < 4.78 is 5.79. The molecular weight excluding hydrogens is 188 g/mol. The van der Waals surface area contributed by atoms with Gasteiger partial charge in [0.05, 0.1) is 6.10 Å². The lowest BCUT2D eigenvalue weighted by Gasteiger charge is -2.34. The molecule has 15 heavy (non-hydrogen) atoms. The Morgan fingerprint density at radius 1 is 1.20 bits per heavy atom. The first kappa shape index (κ1) is 11.4. The Morgan fingerprint density at radius 3 is 2.60 bits per heavy atom. The van der Waals surface area contributed by atoms with Crippen LogP contribution in [-0.4, -0.2) is 43.8 Å². The molecule has 1 saturated carbocycles. The Bertz CT molecular complexity index is 174. The Morgan fingerprint density at radius 2 is 1.93 bits per heavy atom. The minimum Gasteiger partial charge on any atom is -0.378 e. The zero-order chi connectivity index (χ0) is 10.5. The molecule has 0 unspecified atom stereocenters. The topological polar surface area (TPSA) is 38.5 Å². The Labute approximate surface area is 93.0 Å². The van der Waals surface area contributed by atoms with Gasteiger partial charge in [0, 0.05) is 13.2 Å². The number of ether oxygens (including phenoxy) is 1. The van der Waals surface area contributed by atoms with E-state index in [1.165, 1.54) is 51.7 Å². The summed E-state index contributed by atoms with van der Waals surface area (Å²) in [5.41, 5.74) is 5.57. The second-order valence-corrected chi connectivity index (χ2v) is 4.97. The largest absolute Gasteiger partial charge is 0.378 e. The van der Waals surface area contributed by atoms with Crippen molar-refractivity contribution in [3.8, 4) is 0 Å². The number of rotatable bonds is 6. The molecule has 1 saturated heterocycles. The van der Waals surface area contributed by atoms with Gasteiger partial charge in [-0.3, -0.25) is 0 Å². The van der Waals surface area contributed by atoms with E-state index in [-0.39, 0.29) is 0 Å². The van der Waals surface area contributed by atoms with Gasteiger partial charge in [0.1, 0.15) is 0 Å². The molecule has 2 rings (SSSR count). The molecule has 1 heterocycles. The molecule has 0 radical (unpaired) electrons. The minimum absolute atomic E-state index is 0.525. The SMILES string of the molecule is NCC1CC(OCCCN2CCCC2)C1. The van der Waals surface area contributed by atoms with Crippen molar-refractivity contribution in [1.29, 1.82) is 0 Å². The fourth-order valence-electron chi connectivity index (χ4n) is 2.55. The minimum atomic E-state index is 0.525. The number of likely N-dealkylation sites (tertiary alicyclic amines) is 1. The summed E-state index contributed by atoms with van der Waals surface area (Å²) in [6.07, 6.45) is 6.89. The molecule has 0 aromatic rings. The van der Waals surface area contributed by atoms with Crippen LogP contribution in [0, 0.1) is 5.92 Å². The van der Waals surface area contributed by atoms with E-state index in [1.54, 1.807) is 0 Å². The summed E-state index contributed by atoms with van der Waals surface area (Å²) in [6, 6.07) is 0. The van der Waals surface area contributed by atoms with Crippen molar-refractivity contribution in [1.82, 2.24) is 4.90 Å². The maximum absolute atomic E-state index is 5.79. The van der Waals surface area contributed by atoms with E-state index in [1.807, 2.05) is 0 Å². The van der Waals surface area contributed by atoms with E-state index >= 15 is 0 Å². The van der Waals surface area contributed by atoms with Crippen LogP contribution in [-0.2, 0) is 4.74 Å². The van der Waals surface area contributed by atoms with Gasteiger partial charge in [-0.05, 0) is 57.7 Å². The number of nitrogens with zero attached hydrogens (tertiary/aromatic N) is 1. The monoisotopic (exact) mass is 212 g/mol. The summed E-state index contributed by atoms with van der Waals surface area (Å²) >= 11 is 0. The van der Waals surface area contributed by atoms with Crippen molar-refractivity contribution in [2.75, 3.05) is 32.8 Å². The average molecular weight is 212 g/mol. The molecule has 0 bridgehead atoms. The van der Waals surface area contributed by atoms with Gasteiger partial charge < -0.3 is 15.4 Å². The number of hydrogen-bond donors (Lipinski definition) is 1. The smallest absolute Gasteiger partial charge is 0.0581 e. The summed E-state index contributed by atoms with van der Waals surface area (Å²) in [7, 11) is 0. The third kappa shape index (κ3) is 3.44. The molecule has 0 amide bonds. The molecule has 2 N–H and O–H groups in total. The van der Waals surface area contributed by atoms with Crippen LogP contribution in [0.5, 0.6) is 0 Å². The first-order valence-electron chi connectivity index (χ1n) is 6.42. The molecule has 1 aliphatic heterocycles.